The molecule has 3 nitrogen and oxygen atoms in total. The molecule has 0 bridgehead atoms. The molecule has 0 fully saturated rings. The number of nitriles is 1. The van der Waals surface area contributed by atoms with Crippen LogP contribution in [0.5, 0.6) is 0 Å². The van der Waals surface area contributed by atoms with Crippen LogP contribution in [-0.4, -0.2) is 11.3 Å². The van der Waals surface area contributed by atoms with E-state index in [4.69, 9.17) is 0 Å². The number of aromatic nitrogens is 1. The number of para-hydroxylation sites is 4. The van der Waals surface area contributed by atoms with Crippen molar-refractivity contribution in [1.29, 1.82) is 5.26 Å². The molecule has 6 aromatic carbocycles. The lowest BCUT2D eigenvalue weighted by Crippen LogP contribution is -2.58. The van der Waals surface area contributed by atoms with Gasteiger partial charge in [-0.2, -0.15) is 5.26 Å². The third kappa shape index (κ3) is 3.24. The van der Waals surface area contributed by atoms with Crippen LogP contribution in [0, 0.1) is 11.3 Å². The topological polar surface area (TPSA) is 32.0 Å². The summed E-state index contributed by atoms with van der Waals surface area (Å²) in [5.74, 6) is 0. The van der Waals surface area contributed by atoms with Gasteiger partial charge >= 0.3 is 0 Å². The molecule has 9 rings (SSSR count). The SMILES string of the molecule is N#Cc1ccc2c(c1)B1c3c(cc(N(c4ccccc4)c4ccccc4)cc3-n3c4ccccc4c4cccc1c43)S2. The number of hydrogen-bond donors (Lipinski definition) is 0. The third-order valence-corrected chi connectivity index (χ3v) is 9.78. The van der Waals surface area contributed by atoms with Crippen molar-refractivity contribution in [2.45, 2.75) is 9.79 Å². The molecule has 0 spiro atoms. The Bertz CT molecular complexity index is 2210. The summed E-state index contributed by atoms with van der Waals surface area (Å²) >= 11 is 1.81. The molecule has 2 aliphatic rings. The normalized spacial score (nSPS) is 12.6. The van der Waals surface area contributed by atoms with Gasteiger partial charge in [0.15, 0.2) is 0 Å². The predicted octanol–water partition coefficient (Wildman–Crippen LogP) is 7.42. The zero-order chi connectivity index (χ0) is 27.8. The first-order valence-corrected chi connectivity index (χ1v) is 14.9. The number of hydrogen-bond acceptors (Lipinski definition) is 3. The molecular weight excluding hydrogens is 529 g/mol. The highest BCUT2D eigenvalue weighted by atomic mass is 32.2. The molecule has 0 aliphatic carbocycles. The Balaban J connectivity index is 1.42. The molecule has 0 radical (unpaired) electrons. The molecule has 194 valence electrons. The summed E-state index contributed by atoms with van der Waals surface area (Å²) in [6, 6.07) is 50.0. The van der Waals surface area contributed by atoms with Crippen molar-refractivity contribution in [3.8, 4) is 11.8 Å². The van der Waals surface area contributed by atoms with Gasteiger partial charge in [0.2, 0.25) is 6.71 Å². The van der Waals surface area contributed by atoms with E-state index in [1.807, 2.05) is 17.8 Å². The first-order valence-electron chi connectivity index (χ1n) is 14.1. The van der Waals surface area contributed by atoms with Gasteiger partial charge in [-0.05, 0) is 71.6 Å². The van der Waals surface area contributed by atoms with Gasteiger partial charge in [0.1, 0.15) is 0 Å². The van der Waals surface area contributed by atoms with Gasteiger partial charge in [-0.15, -0.1) is 0 Å². The van der Waals surface area contributed by atoms with Crippen LogP contribution in [0.3, 0.4) is 0 Å². The van der Waals surface area contributed by atoms with Crippen molar-refractivity contribution < 1.29 is 0 Å². The van der Waals surface area contributed by atoms with Gasteiger partial charge < -0.3 is 9.47 Å². The van der Waals surface area contributed by atoms with Crippen LogP contribution in [0.1, 0.15) is 5.56 Å². The zero-order valence-electron chi connectivity index (χ0n) is 22.5. The minimum absolute atomic E-state index is 0.0519. The Labute approximate surface area is 248 Å². The standard InChI is InChI=1S/C37H22BN3S/c39-23-24-18-19-34-31(20-24)38-30-16-9-15-29-28-14-7-8-17-32(28)41(37(29)30)33-21-27(22-35(42-34)36(33)38)40(25-10-3-1-4-11-25)26-12-5-2-6-13-26/h1-22H. The Morgan fingerprint density at radius 2 is 1.33 bits per heavy atom. The summed E-state index contributed by atoms with van der Waals surface area (Å²) in [6.07, 6.45) is 0. The molecule has 2 aliphatic heterocycles. The van der Waals surface area contributed by atoms with E-state index in [1.165, 1.54) is 53.7 Å². The van der Waals surface area contributed by atoms with E-state index in [0.717, 1.165) is 17.1 Å². The van der Waals surface area contributed by atoms with Crippen LogP contribution < -0.4 is 21.3 Å². The Morgan fingerprint density at radius 1 is 0.619 bits per heavy atom. The summed E-state index contributed by atoms with van der Waals surface area (Å²) in [5.41, 5.74) is 11.6. The fourth-order valence-corrected chi connectivity index (χ4v) is 8.13. The molecule has 5 heteroatoms. The van der Waals surface area contributed by atoms with Gasteiger partial charge in [-0.25, -0.2) is 0 Å². The lowest BCUT2D eigenvalue weighted by atomic mass is 9.35. The van der Waals surface area contributed by atoms with Crippen LogP contribution in [0.25, 0.3) is 27.5 Å². The number of anilines is 3. The Kier molecular flexibility index (Phi) is 4.99. The average molecular weight is 551 g/mol. The monoisotopic (exact) mass is 551 g/mol. The number of fused-ring (bicyclic) bond motifs is 7. The third-order valence-electron chi connectivity index (χ3n) is 8.63. The van der Waals surface area contributed by atoms with Crippen LogP contribution in [0.15, 0.2) is 143 Å². The minimum atomic E-state index is 0.0519. The highest BCUT2D eigenvalue weighted by molar-refractivity contribution is 8.00. The van der Waals surface area contributed by atoms with Crippen molar-refractivity contribution in [3.05, 3.63) is 139 Å². The molecule has 0 unspecified atom stereocenters. The maximum absolute atomic E-state index is 9.82. The van der Waals surface area contributed by atoms with Crippen molar-refractivity contribution in [1.82, 2.24) is 4.57 Å². The molecule has 0 atom stereocenters. The van der Waals surface area contributed by atoms with Gasteiger partial charge in [0.25, 0.3) is 0 Å². The van der Waals surface area contributed by atoms with Crippen LogP contribution >= 0.6 is 11.8 Å². The van der Waals surface area contributed by atoms with E-state index in [-0.39, 0.29) is 6.71 Å². The molecule has 0 amide bonds. The second kappa shape index (κ2) is 8.91. The maximum atomic E-state index is 9.82. The molecule has 3 heterocycles. The first-order chi connectivity index (χ1) is 20.8. The van der Waals surface area contributed by atoms with E-state index in [1.54, 1.807) is 0 Å². The second-order valence-electron chi connectivity index (χ2n) is 10.9. The lowest BCUT2D eigenvalue weighted by molar-refractivity contribution is 1.16. The molecule has 1 aromatic heterocycles. The highest BCUT2D eigenvalue weighted by Crippen LogP contribution is 2.43. The minimum Gasteiger partial charge on any atom is -0.310 e. The lowest BCUT2D eigenvalue weighted by Gasteiger charge is -2.35. The largest absolute Gasteiger partial charge is 0.310 e. The smallest absolute Gasteiger partial charge is 0.249 e. The van der Waals surface area contributed by atoms with Crippen molar-refractivity contribution >= 4 is 73.7 Å². The first kappa shape index (κ1) is 23.5. The van der Waals surface area contributed by atoms with E-state index in [2.05, 4.69) is 143 Å². The fourth-order valence-electron chi connectivity index (χ4n) is 6.95. The fraction of sp³-hybridized carbons (Fsp3) is 0. The van der Waals surface area contributed by atoms with E-state index >= 15 is 0 Å². The number of benzene rings is 6. The summed E-state index contributed by atoms with van der Waals surface area (Å²) in [7, 11) is 0. The van der Waals surface area contributed by atoms with E-state index in [0.29, 0.717) is 5.56 Å². The van der Waals surface area contributed by atoms with Crippen molar-refractivity contribution in [3.63, 3.8) is 0 Å². The van der Waals surface area contributed by atoms with Gasteiger partial charge in [0, 0.05) is 48.8 Å². The number of rotatable bonds is 3. The second-order valence-corrected chi connectivity index (χ2v) is 12.0. The molecule has 0 saturated heterocycles. The molecule has 42 heavy (non-hydrogen) atoms. The predicted molar refractivity (Wildman–Crippen MR) is 175 cm³/mol. The molecule has 7 aromatic rings. The number of nitrogens with zero attached hydrogens (tertiary/aromatic N) is 3. The van der Waals surface area contributed by atoms with E-state index in [9.17, 15) is 5.26 Å². The highest BCUT2D eigenvalue weighted by Gasteiger charge is 2.40. The molecular formula is C37H22BN3S. The maximum Gasteiger partial charge on any atom is 0.249 e. The summed E-state index contributed by atoms with van der Waals surface area (Å²) in [6.45, 7) is 0.0519. The summed E-state index contributed by atoms with van der Waals surface area (Å²) < 4.78 is 2.48. The van der Waals surface area contributed by atoms with Crippen LogP contribution in [-0.2, 0) is 0 Å². The molecule has 0 saturated carbocycles. The zero-order valence-corrected chi connectivity index (χ0v) is 23.3. The Hall–Kier alpha value is -5.18. The van der Waals surface area contributed by atoms with Crippen molar-refractivity contribution in [2.75, 3.05) is 4.90 Å². The van der Waals surface area contributed by atoms with Gasteiger partial charge in [0.05, 0.1) is 17.1 Å². The summed E-state index contributed by atoms with van der Waals surface area (Å²) in [4.78, 5) is 4.81. The summed E-state index contributed by atoms with van der Waals surface area (Å²) in [5, 5.41) is 12.3. The van der Waals surface area contributed by atoms with E-state index < -0.39 is 0 Å². The quantitative estimate of drug-likeness (QED) is 0.214. The van der Waals surface area contributed by atoms with Gasteiger partial charge in [-0.1, -0.05) is 90.0 Å². The van der Waals surface area contributed by atoms with Crippen LogP contribution in [0.4, 0.5) is 17.1 Å². The van der Waals surface area contributed by atoms with Gasteiger partial charge in [-0.3, -0.25) is 0 Å². The Morgan fingerprint density at radius 3 is 2.10 bits per heavy atom. The van der Waals surface area contributed by atoms with Crippen LogP contribution in [0.2, 0.25) is 0 Å². The average Bonchev–Trinajstić information content (AvgIpc) is 3.39. The molecule has 0 N–H and O–H groups in total. The van der Waals surface area contributed by atoms with Crippen molar-refractivity contribution in [2.24, 2.45) is 0 Å².